The molecule has 0 saturated carbocycles. The van der Waals surface area contributed by atoms with Crippen LogP contribution in [0.5, 0.6) is 0 Å². The van der Waals surface area contributed by atoms with Crippen molar-refractivity contribution in [3.63, 3.8) is 0 Å². The van der Waals surface area contributed by atoms with Crippen molar-refractivity contribution in [2.24, 2.45) is 7.05 Å². The summed E-state index contributed by atoms with van der Waals surface area (Å²) >= 11 is 0. The molecule has 1 aliphatic rings. The molecule has 152 valence electrons. The van der Waals surface area contributed by atoms with Crippen LogP contribution in [0.25, 0.3) is 32.9 Å². The molecule has 0 N–H and O–H groups in total. The number of hydrogen-bond donors (Lipinski definition) is 0. The van der Waals surface area contributed by atoms with Crippen LogP contribution in [0.2, 0.25) is 0 Å². The molecular weight excluding hydrogens is 376 g/mol. The van der Waals surface area contributed by atoms with E-state index >= 15 is 0 Å². The molecule has 1 aromatic heterocycles. The summed E-state index contributed by atoms with van der Waals surface area (Å²) in [6.07, 6.45) is 0. The number of benzene rings is 4. The lowest BCUT2D eigenvalue weighted by Gasteiger charge is -2.25. The fraction of sp³-hybridized carbons (Fsp3) is 0.172. The maximum Gasteiger partial charge on any atom is 0.0490 e. The summed E-state index contributed by atoms with van der Waals surface area (Å²) in [4.78, 5) is 2.31. The second-order valence-electron chi connectivity index (χ2n) is 9.24. The molecule has 0 atom stereocenters. The number of anilines is 2. The monoisotopic (exact) mass is 402 g/mol. The minimum absolute atomic E-state index is 0.0162. The lowest BCUT2D eigenvalue weighted by atomic mass is 9.82. The SMILES string of the molecule is CN(c1ccc2c(c1)C(C)(C)c1ccccc1-2)c1ccc2c(c1)c1ccccc1n2C. The third-order valence-electron chi connectivity index (χ3n) is 7.24. The maximum atomic E-state index is 2.38. The highest BCUT2D eigenvalue weighted by atomic mass is 15.1. The summed E-state index contributed by atoms with van der Waals surface area (Å²) in [5.41, 5.74) is 10.5. The van der Waals surface area contributed by atoms with Crippen LogP contribution in [0, 0.1) is 0 Å². The summed E-state index contributed by atoms with van der Waals surface area (Å²) in [6, 6.07) is 31.2. The molecule has 2 heteroatoms. The number of aryl methyl sites for hydroxylation is 1. The van der Waals surface area contributed by atoms with Gasteiger partial charge >= 0.3 is 0 Å². The standard InChI is InChI=1S/C29H26N2/c1-29(2)25-11-7-5-9-21(25)22-15-13-20(18-26(22)29)30(3)19-14-16-28-24(17-19)23-10-6-8-12-27(23)31(28)4/h5-18H,1-4H3. The van der Waals surface area contributed by atoms with Gasteiger partial charge in [-0.05, 0) is 58.7 Å². The van der Waals surface area contributed by atoms with E-state index in [1.807, 2.05) is 0 Å². The van der Waals surface area contributed by atoms with E-state index in [0.29, 0.717) is 0 Å². The molecule has 0 radical (unpaired) electrons. The fourth-order valence-electron chi connectivity index (χ4n) is 5.41. The van der Waals surface area contributed by atoms with Crippen LogP contribution in [-0.2, 0) is 12.5 Å². The highest BCUT2D eigenvalue weighted by Gasteiger charge is 2.35. The number of rotatable bonds is 2. The maximum absolute atomic E-state index is 2.38. The van der Waals surface area contributed by atoms with Crippen molar-refractivity contribution < 1.29 is 0 Å². The summed E-state index contributed by atoms with van der Waals surface area (Å²) in [5.74, 6) is 0. The van der Waals surface area contributed by atoms with Gasteiger partial charge in [-0.3, -0.25) is 0 Å². The van der Waals surface area contributed by atoms with Crippen LogP contribution in [0.4, 0.5) is 11.4 Å². The van der Waals surface area contributed by atoms with Crippen LogP contribution >= 0.6 is 0 Å². The summed E-state index contributed by atoms with van der Waals surface area (Å²) in [6.45, 7) is 4.67. The molecule has 6 rings (SSSR count). The first-order valence-corrected chi connectivity index (χ1v) is 10.9. The molecule has 0 saturated heterocycles. The molecule has 31 heavy (non-hydrogen) atoms. The largest absolute Gasteiger partial charge is 0.345 e. The van der Waals surface area contributed by atoms with Crippen LogP contribution < -0.4 is 4.90 Å². The molecular formula is C29H26N2. The van der Waals surface area contributed by atoms with Crippen molar-refractivity contribution in [3.05, 3.63) is 96.1 Å². The minimum atomic E-state index is 0.0162. The van der Waals surface area contributed by atoms with Gasteiger partial charge in [-0.2, -0.15) is 0 Å². The highest BCUT2D eigenvalue weighted by molar-refractivity contribution is 6.09. The predicted molar refractivity (Wildman–Crippen MR) is 132 cm³/mol. The number of para-hydroxylation sites is 1. The Morgan fingerprint density at radius 2 is 1.29 bits per heavy atom. The highest BCUT2D eigenvalue weighted by Crippen LogP contribution is 2.49. The van der Waals surface area contributed by atoms with Crippen LogP contribution in [-0.4, -0.2) is 11.6 Å². The van der Waals surface area contributed by atoms with Crippen molar-refractivity contribution in [1.29, 1.82) is 0 Å². The Morgan fingerprint density at radius 3 is 2.16 bits per heavy atom. The first kappa shape index (κ1) is 18.3. The molecule has 0 unspecified atom stereocenters. The first-order valence-electron chi connectivity index (χ1n) is 10.9. The molecule has 0 bridgehead atoms. The van der Waals surface area contributed by atoms with Gasteiger partial charge in [-0.15, -0.1) is 0 Å². The topological polar surface area (TPSA) is 8.17 Å². The van der Waals surface area contributed by atoms with E-state index in [0.717, 1.165) is 0 Å². The smallest absolute Gasteiger partial charge is 0.0490 e. The van der Waals surface area contributed by atoms with Crippen molar-refractivity contribution in [3.8, 4) is 11.1 Å². The van der Waals surface area contributed by atoms with E-state index in [4.69, 9.17) is 0 Å². The molecule has 0 spiro atoms. The van der Waals surface area contributed by atoms with Crippen LogP contribution in [0.1, 0.15) is 25.0 Å². The average molecular weight is 403 g/mol. The van der Waals surface area contributed by atoms with E-state index in [1.165, 1.54) is 55.4 Å². The zero-order valence-electron chi connectivity index (χ0n) is 18.5. The number of nitrogens with zero attached hydrogens (tertiary/aromatic N) is 2. The summed E-state index contributed by atoms with van der Waals surface area (Å²) in [5, 5.41) is 2.61. The van der Waals surface area contributed by atoms with E-state index < -0.39 is 0 Å². The molecule has 2 nitrogen and oxygen atoms in total. The van der Waals surface area contributed by atoms with Gasteiger partial charge in [-0.25, -0.2) is 0 Å². The number of aromatic nitrogens is 1. The number of fused-ring (bicyclic) bond motifs is 6. The zero-order valence-corrected chi connectivity index (χ0v) is 18.5. The third-order valence-corrected chi connectivity index (χ3v) is 7.24. The second kappa shape index (κ2) is 6.24. The Labute approximate surface area is 183 Å². The van der Waals surface area contributed by atoms with Gasteiger partial charge in [0.15, 0.2) is 0 Å². The van der Waals surface area contributed by atoms with Crippen LogP contribution in [0.3, 0.4) is 0 Å². The van der Waals surface area contributed by atoms with Gasteiger partial charge < -0.3 is 9.47 Å². The Morgan fingerprint density at radius 1 is 0.645 bits per heavy atom. The summed E-state index contributed by atoms with van der Waals surface area (Å²) < 4.78 is 2.28. The lowest BCUT2D eigenvalue weighted by Crippen LogP contribution is -2.16. The van der Waals surface area contributed by atoms with Crippen molar-refractivity contribution in [2.45, 2.75) is 19.3 Å². The number of hydrogen-bond acceptors (Lipinski definition) is 1. The van der Waals surface area contributed by atoms with Gasteiger partial charge in [0.1, 0.15) is 0 Å². The van der Waals surface area contributed by atoms with E-state index in [9.17, 15) is 0 Å². The molecule has 5 aromatic rings. The van der Waals surface area contributed by atoms with Crippen molar-refractivity contribution in [1.82, 2.24) is 4.57 Å². The first-order chi connectivity index (χ1) is 15.0. The quantitative estimate of drug-likeness (QED) is 0.298. The lowest BCUT2D eigenvalue weighted by molar-refractivity contribution is 0.660. The molecule has 0 aliphatic heterocycles. The Bertz CT molecular complexity index is 1490. The average Bonchev–Trinajstić information content (AvgIpc) is 3.22. The minimum Gasteiger partial charge on any atom is -0.345 e. The van der Waals surface area contributed by atoms with Gasteiger partial charge in [0.05, 0.1) is 0 Å². The normalized spacial score (nSPS) is 14.1. The third kappa shape index (κ3) is 2.45. The van der Waals surface area contributed by atoms with E-state index in [1.54, 1.807) is 0 Å². The van der Waals surface area contributed by atoms with Crippen LogP contribution in [0.15, 0.2) is 84.9 Å². The zero-order chi connectivity index (χ0) is 21.3. The fourth-order valence-corrected chi connectivity index (χ4v) is 5.41. The Hall–Kier alpha value is -3.52. The van der Waals surface area contributed by atoms with Gasteiger partial charge in [0, 0.05) is 52.7 Å². The summed E-state index contributed by atoms with van der Waals surface area (Å²) in [7, 11) is 4.32. The molecule has 4 aromatic carbocycles. The Balaban J connectivity index is 1.47. The van der Waals surface area contributed by atoms with E-state index in [2.05, 4.69) is 122 Å². The van der Waals surface area contributed by atoms with E-state index in [-0.39, 0.29) is 5.41 Å². The van der Waals surface area contributed by atoms with Gasteiger partial charge in [0.2, 0.25) is 0 Å². The van der Waals surface area contributed by atoms with Gasteiger partial charge in [0.25, 0.3) is 0 Å². The van der Waals surface area contributed by atoms with Crippen molar-refractivity contribution in [2.75, 3.05) is 11.9 Å². The Kier molecular flexibility index (Phi) is 3.68. The second-order valence-corrected chi connectivity index (χ2v) is 9.24. The molecule has 0 amide bonds. The molecule has 0 fully saturated rings. The predicted octanol–water partition coefficient (Wildman–Crippen LogP) is 7.41. The van der Waals surface area contributed by atoms with Crippen molar-refractivity contribution >= 4 is 33.2 Å². The molecule has 1 aliphatic carbocycles. The molecule has 1 heterocycles. The van der Waals surface area contributed by atoms with Gasteiger partial charge in [-0.1, -0.05) is 62.4 Å².